The van der Waals surface area contributed by atoms with E-state index in [2.05, 4.69) is 37.4 Å². The summed E-state index contributed by atoms with van der Waals surface area (Å²) >= 11 is 2.01. The number of nitrogens with one attached hydrogen (secondary N) is 1. The molecule has 14 heavy (non-hydrogen) atoms. The molecule has 2 rings (SSSR count). The second-order valence-corrected chi connectivity index (χ2v) is 5.45. The Hall–Kier alpha value is -0.470. The number of hydrogen-bond donors (Lipinski definition) is 1. The molecule has 1 nitrogen and oxygen atoms in total. The van der Waals surface area contributed by atoms with Crippen LogP contribution in [0.2, 0.25) is 0 Å². The summed E-state index contributed by atoms with van der Waals surface area (Å²) in [6.45, 7) is 5.57. The third kappa shape index (κ3) is 1.69. The number of aryl methyl sites for hydroxylation is 1. The highest BCUT2D eigenvalue weighted by molar-refractivity contribution is 8.00. The van der Waals surface area contributed by atoms with Gasteiger partial charge in [-0.3, -0.25) is 0 Å². The van der Waals surface area contributed by atoms with Crippen molar-refractivity contribution in [1.82, 2.24) is 5.32 Å². The molecule has 1 N–H and O–H groups in total. The van der Waals surface area contributed by atoms with Gasteiger partial charge in [-0.25, -0.2) is 0 Å². The fraction of sp³-hybridized carbons (Fsp3) is 0.500. The zero-order valence-electron chi connectivity index (χ0n) is 9.00. The fourth-order valence-electron chi connectivity index (χ4n) is 2.08. The van der Waals surface area contributed by atoms with E-state index in [1.54, 1.807) is 0 Å². The fourth-order valence-corrected chi connectivity index (χ4v) is 3.50. The summed E-state index contributed by atoms with van der Waals surface area (Å²) in [4.78, 5) is 1.48. The zero-order valence-corrected chi connectivity index (χ0v) is 9.82. The first-order chi connectivity index (χ1) is 6.72. The minimum atomic E-state index is 0.681. The van der Waals surface area contributed by atoms with Crippen molar-refractivity contribution < 1.29 is 0 Å². The molecule has 0 amide bonds. The second kappa shape index (κ2) is 3.95. The van der Waals surface area contributed by atoms with Crippen LogP contribution in [0.5, 0.6) is 0 Å². The van der Waals surface area contributed by atoms with Gasteiger partial charge >= 0.3 is 0 Å². The van der Waals surface area contributed by atoms with Crippen LogP contribution in [0.4, 0.5) is 0 Å². The van der Waals surface area contributed by atoms with Gasteiger partial charge < -0.3 is 5.32 Å². The minimum Gasteiger partial charge on any atom is -0.319 e. The molecule has 0 spiro atoms. The van der Waals surface area contributed by atoms with Crippen molar-refractivity contribution in [3.8, 4) is 0 Å². The van der Waals surface area contributed by atoms with Crippen LogP contribution in [0.15, 0.2) is 23.1 Å². The average molecular weight is 207 g/mol. The Bertz CT molecular complexity index is 335. The summed E-state index contributed by atoms with van der Waals surface area (Å²) in [5, 5.41) is 3.99. The number of fused-ring (bicyclic) bond motifs is 1. The molecular formula is C12H17NS. The monoisotopic (exact) mass is 207 g/mol. The Morgan fingerprint density at radius 2 is 2.21 bits per heavy atom. The van der Waals surface area contributed by atoms with E-state index in [0.29, 0.717) is 11.2 Å². The summed E-state index contributed by atoms with van der Waals surface area (Å²) in [5.41, 5.74) is 2.90. The van der Waals surface area contributed by atoms with E-state index in [-0.39, 0.29) is 0 Å². The van der Waals surface area contributed by atoms with Crippen LogP contribution in [0.3, 0.4) is 0 Å². The number of benzene rings is 1. The molecule has 0 radical (unpaired) electrons. The maximum Gasteiger partial charge on any atom is 0.0147 e. The molecule has 1 aromatic rings. The Labute approximate surface area is 90.3 Å². The molecule has 0 saturated heterocycles. The van der Waals surface area contributed by atoms with Crippen LogP contribution >= 0.6 is 11.8 Å². The maximum atomic E-state index is 3.28. The van der Waals surface area contributed by atoms with Crippen molar-refractivity contribution >= 4 is 11.8 Å². The van der Waals surface area contributed by atoms with Gasteiger partial charge in [0.05, 0.1) is 0 Å². The Balaban J connectivity index is 2.33. The standard InChI is InChI=1S/C12H17NS/c1-8-4-5-10-11(7-13-3)9(2)14-12(10)6-8/h4-6,9,11,13H,7H2,1-3H3. The molecule has 0 fully saturated rings. The van der Waals surface area contributed by atoms with Crippen LogP contribution in [0.1, 0.15) is 24.0 Å². The quantitative estimate of drug-likeness (QED) is 0.800. The Morgan fingerprint density at radius 3 is 2.93 bits per heavy atom. The van der Waals surface area contributed by atoms with Gasteiger partial charge in [0.2, 0.25) is 0 Å². The topological polar surface area (TPSA) is 12.0 Å². The van der Waals surface area contributed by atoms with Gasteiger partial charge in [0, 0.05) is 22.6 Å². The smallest absolute Gasteiger partial charge is 0.0147 e. The highest BCUT2D eigenvalue weighted by Gasteiger charge is 2.29. The van der Waals surface area contributed by atoms with Crippen LogP contribution in [-0.4, -0.2) is 18.8 Å². The van der Waals surface area contributed by atoms with Gasteiger partial charge in [-0.15, -0.1) is 11.8 Å². The predicted molar refractivity (Wildman–Crippen MR) is 63.2 cm³/mol. The van der Waals surface area contributed by atoms with Gasteiger partial charge in [0.25, 0.3) is 0 Å². The highest BCUT2D eigenvalue weighted by atomic mass is 32.2. The Morgan fingerprint density at radius 1 is 1.43 bits per heavy atom. The van der Waals surface area contributed by atoms with Crippen LogP contribution in [0, 0.1) is 6.92 Å². The summed E-state index contributed by atoms with van der Waals surface area (Å²) in [6, 6.07) is 6.83. The lowest BCUT2D eigenvalue weighted by molar-refractivity contribution is 0.628. The molecule has 1 aliphatic heterocycles. The lowest BCUT2D eigenvalue weighted by Crippen LogP contribution is -2.21. The largest absolute Gasteiger partial charge is 0.319 e. The summed E-state index contributed by atoms with van der Waals surface area (Å²) in [5.74, 6) is 0.681. The lowest BCUT2D eigenvalue weighted by Gasteiger charge is -2.14. The summed E-state index contributed by atoms with van der Waals surface area (Å²) < 4.78 is 0. The van der Waals surface area contributed by atoms with Crippen LogP contribution in [-0.2, 0) is 0 Å². The summed E-state index contributed by atoms with van der Waals surface area (Å²) in [6.07, 6.45) is 0. The van der Waals surface area contributed by atoms with Crippen molar-refractivity contribution in [3.05, 3.63) is 29.3 Å². The van der Waals surface area contributed by atoms with Gasteiger partial charge in [-0.05, 0) is 25.6 Å². The molecule has 1 heterocycles. The van der Waals surface area contributed by atoms with Crippen LogP contribution < -0.4 is 5.32 Å². The van der Waals surface area contributed by atoms with Crippen molar-refractivity contribution in [2.24, 2.45) is 0 Å². The zero-order chi connectivity index (χ0) is 10.1. The molecule has 1 aromatic carbocycles. The first-order valence-corrected chi connectivity index (χ1v) is 6.02. The minimum absolute atomic E-state index is 0.681. The van der Waals surface area contributed by atoms with Crippen molar-refractivity contribution in [3.63, 3.8) is 0 Å². The van der Waals surface area contributed by atoms with E-state index in [1.807, 2.05) is 18.8 Å². The van der Waals surface area contributed by atoms with E-state index in [1.165, 1.54) is 16.0 Å². The molecule has 2 atom stereocenters. The molecule has 0 aliphatic carbocycles. The number of hydrogen-bond acceptors (Lipinski definition) is 2. The third-order valence-electron chi connectivity index (χ3n) is 2.87. The molecule has 2 unspecified atom stereocenters. The van der Waals surface area contributed by atoms with Gasteiger partial charge in [0.15, 0.2) is 0 Å². The van der Waals surface area contributed by atoms with Gasteiger partial charge in [-0.1, -0.05) is 24.6 Å². The van der Waals surface area contributed by atoms with Crippen molar-refractivity contribution in [1.29, 1.82) is 0 Å². The SMILES string of the molecule is CNCC1c2ccc(C)cc2SC1C. The number of thioether (sulfide) groups is 1. The normalized spacial score (nSPS) is 25.1. The third-order valence-corrected chi connectivity index (χ3v) is 4.18. The molecule has 76 valence electrons. The molecule has 2 heteroatoms. The number of rotatable bonds is 2. The van der Waals surface area contributed by atoms with Gasteiger partial charge in [-0.2, -0.15) is 0 Å². The van der Waals surface area contributed by atoms with E-state index < -0.39 is 0 Å². The number of likely N-dealkylation sites (N-methyl/N-ethyl adjacent to an activating group) is 1. The van der Waals surface area contributed by atoms with E-state index in [0.717, 1.165) is 6.54 Å². The second-order valence-electron chi connectivity index (χ2n) is 4.03. The van der Waals surface area contributed by atoms with Crippen LogP contribution in [0.25, 0.3) is 0 Å². The molecule has 1 aliphatic rings. The highest BCUT2D eigenvalue weighted by Crippen LogP contribution is 2.45. The van der Waals surface area contributed by atoms with E-state index >= 15 is 0 Å². The maximum absolute atomic E-state index is 3.28. The van der Waals surface area contributed by atoms with Gasteiger partial charge in [0.1, 0.15) is 0 Å². The lowest BCUT2D eigenvalue weighted by atomic mass is 9.96. The molecule has 0 bridgehead atoms. The first-order valence-electron chi connectivity index (χ1n) is 5.14. The first kappa shape index (κ1) is 10.1. The van der Waals surface area contributed by atoms with Crippen molar-refractivity contribution in [2.75, 3.05) is 13.6 Å². The predicted octanol–water partition coefficient (Wildman–Crippen LogP) is 2.79. The Kier molecular flexibility index (Phi) is 2.84. The molecular weight excluding hydrogens is 190 g/mol. The summed E-state index contributed by atoms with van der Waals surface area (Å²) in [7, 11) is 2.03. The van der Waals surface area contributed by atoms with Crippen molar-refractivity contribution in [2.45, 2.75) is 29.9 Å². The van der Waals surface area contributed by atoms with E-state index in [9.17, 15) is 0 Å². The molecule has 0 saturated carbocycles. The van der Waals surface area contributed by atoms with E-state index in [4.69, 9.17) is 0 Å². The average Bonchev–Trinajstić information content (AvgIpc) is 2.43. The molecule has 0 aromatic heterocycles.